The van der Waals surface area contributed by atoms with E-state index in [1.54, 1.807) is 0 Å². The summed E-state index contributed by atoms with van der Waals surface area (Å²) in [5, 5.41) is 0. The fourth-order valence-electron chi connectivity index (χ4n) is 2.49. The highest BCUT2D eigenvalue weighted by Crippen LogP contribution is 2.42. The van der Waals surface area contributed by atoms with Gasteiger partial charge in [0, 0.05) is 0 Å². The monoisotopic (exact) mass is 241 g/mol. The Morgan fingerprint density at radius 2 is 1.47 bits per heavy atom. The first-order valence-electron chi connectivity index (χ1n) is 6.32. The molecule has 0 aliphatic carbocycles. The summed E-state index contributed by atoms with van der Waals surface area (Å²) in [6.07, 6.45) is -0.397. The molecule has 0 N–H and O–H groups in total. The lowest BCUT2D eigenvalue weighted by atomic mass is 9.74. The number of nitrogens with zero attached hydrogens (tertiary/aromatic N) is 1. The van der Waals surface area contributed by atoms with Crippen molar-refractivity contribution < 1.29 is 9.53 Å². The van der Waals surface area contributed by atoms with Crippen molar-refractivity contribution in [1.82, 2.24) is 4.90 Å². The lowest BCUT2D eigenvalue weighted by Crippen LogP contribution is -2.41. The Bertz CT molecular complexity index is 296. The van der Waals surface area contributed by atoms with Gasteiger partial charge in [-0.15, -0.1) is 0 Å². The predicted molar refractivity (Wildman–Crippen MR) is 69.8 cm³/mol. The first-order valence-corrected chi connectivity index (χ1v) is 6.32. The quantitative estimate of drug-likeness (QED) is 0.706. The lowest BCUT2D eigenvalue weighted by Gasteiger charge is -2.32. The van der Waals surface area contributed by atoms with Crippen molar-refractivity contribution in [3.63, 3.8) is 0 Å². The largest absolute Gasteiger partial charge is 0.351 e. The van der Waals surface area contributed by atoms with Crippen molar-refractivity contribution in [3.8, 4) is 0 Å². The molecule has 0 radical (unpaired) electrons. The fourth-order valence-corrected chi connectivity index (χ4v) is 2.49. The number of ketones is 1. The minimum Gasteiger partial charge on any atom is -0.351 e. The molecule has 1 fully saturated rings. The highest BCUT2D eigenvalue weighted by atomic mass is 16.5. The molecule has 0 aromatic carbocycles. The minimum atomic E-state index is -0.292. The molecule has 1 aliphatic heterocycles. The van der Waals surface area contributed by atoms with E-state index in [9.17, 15) is 4.79 Å². The first kappa shape index (κ1) is 14.7. The smallest absolute Gasteiger partial charge is 0.169 e. The van der Waals surface area contributed by atoms with E-state index in [0.717, 1.165) is 0 Å². The normalized spacial score (nSPS) is 31.4. The van der Waals surface area contributed by atoms with Gasteiger partial charge in [-0.25, -0.2) is 0 Å². The summed E-state index contributed by atoms with van der Waals surface area (Å²) in [5.41, 5.74) is -0.197. The third-order valence-corrected chi connectivity index (χ3v) is 3.35. The van der Waals surface area contributed by atoms with E-state index in [-0.39, 0.29) is 34.9 Å². The van der Waals surface area contributed by atoms with Crippen molar-refractivity contribution in [2.24, 2.45) is 16.7 Å². The molecule has 3 nitrogen and oxygen atoms in total. The number of carbonyl (C=O) groups is 1. The number of hydrogen-bond donors (Lipinski definition) is 0. The zero-order chi connectivity index (χ0) is 13.6. The van der Waals surface area contributed by atoms with E-state index in [1.807, 2.05) is 19.0 Å². The van der Waals surface area contributed by atoms with E-state index in [1.165, 1.54) is 0 Å². The summed E-state index contributed by atoms with van der Waals surface area (Å²) >= 11 is 0. The first-order chi connectivity index (χ1) is 7.46. The van der Waals surface area contributed by atoms with E-state index in [2.05, 4.69) is 41.5 Å². The Morgan fingerprint density at radius 3 is 1.71 bits per heavy atom. The standard InChI is InChI=1S/C14H27NO2/c1-13(2,3)9-10(16)11(14(4,5)6)17-12(9)15(7)8/h9,11-12H,1-8H3. The maximum Gasteiger partial charge on any atom is 0.169 e. The maximum atomic E-state index is 12.6. The van der Waals surface area contributed by atoms with Crippen LogP contribution in [0.15, 0.2) is 0 Å². The van der Waals surface area contributed by atoms with Gasteiger partial charge in [0.05, 0.1) is 5.92 Å². The average Bonchev–Trinajstić information content (AvgIpc) is 2.40. The second-order valence-electron chi connectivity index (χ2n) is 7.48. The molecule has 1 heterocycles. The van der Waals surface area contributed by atoms with Crippen molar-refractivity contribution >= 4 is 5.78 Å². The van der Waals surface area contributed by atoms with Crippen molar-refractivity contribution in [1.29, 1.82) is 0 Å². The van der Waals surface area contributed by atoms with Gasteiger partial charge in [-0.2, -0.15) is 0 Å². The summed E-state index contributed by atoms with van der Waals surface area (Å²) in [4.78, 5) is 14.6. The number of rotatable bonds is 1. The third kappa shape index (κ3) is 2.89. The van der Waals surface area contributed by atoms with Crippen LogP contribution in [0.5, 0.6) is 0 Å². The number of hydrogen-bond acceptors (Lipinski definition) is 3. The minimum absolute atomic E-state index is 0.0540. The molecular weight excluding hydrogens is 214 g/mol. The van der Waals surface area contributed by atoms with Crippen LogP contribution >= 0.6 is 0 Å². The van der Waals surface area contributed by atoms with Gasteiger partial charge in [0.2, 0.25) is 0 Å². The predicted octanol–water partition coefficient (Wildman–Crippen LogP) is 2.55. The van der Waals surface area contributed by atoms with Crippen LogP contribution in [0.1, 0.15) is 41.5 Å². The second kappa shape index (κ2) is 4.36. The summed E-state index contributed by atoms with van der Waals surface area (Å²) < 4.78 is 6.02. The molecule has 0 aromatic heterocycles. The van der Waals surface area contributed by atoms with Crippen LogP contribution < -0.4 is 0 Å². The van der Waals surface area contributed by atoms with Crippen LogP contribution in [-0.4, -0.2) is 37.1 Å². The summed E-state index contributed by atoms with van der Waals surface area (Å²) in [6.45, 7) is 12.5. The molecule has 1 rings (SSSR count). The van der Waals surface area contributed by atoms with Gasteiger partial charge < -0.3 is 4.74 Å². The molecule has 100 valence electrons. The Balaban J connectivity index is 3.07. The Hall–Kier alpha value is -0.410. The van der Waals surface area contributed by atoms with Crippen molar-refractivity contribution in [2.45, 2.75) is 53.9 Å². The van der Waals surface area contributed by atoms with Gasteiger partial charge in [-0.3, -0.25) is 9.69 Å². The fraction of sp³-hybridized carbons (Fsp3) is 0.929. The third-order valence-electron chi connectivity index (χ3n) is 3.35. The molecule has 3 unspecified atom stereocenters. The average molecular weight is 241 g/mol. The maximum absolute atomic E-state index is 12.6. The van der Waals surface area contributed by atoms with E-state index >= 15 is 0 Å². The van der Waals surface area contributed by atoms with Crippen LogP contribution in [-0.2, 0) is 9.53 Å². The highest BCUT2D eigenvalue weighted by molar-refractivity contribution is 5.89. The van der Waals surface area contributed by atoms with Gasteiger partial charge in [0.25, 0.3) is 0 Å². The Labute approximate surface area is 106 Å². The summed E-state index contributed by atoms with van der Waals surface area (Å²) in [5.74, 6) is 0.199. The molecular formula is C14H27NO2. The summed E-state index contributed by atoms with van der Waals surface area (Å²) in [6, 6.07) is 0. The molecule has 3 heteroatoms. The van der Waals surface area contributed by atoms with Crippen LogP contribution in [0.2, 0.25) is 0 Å². The van der Waals surface area contributed by atoms with Gasteiger partial charge in [-0.1, -0.05) is 41.5 Å². The molecule has 1 aliphatic rings. The topological polar surface area (TPSA) is 29.5 Å². The molecule has 0 bridgehead atoms. The van der Waals surface area contributed by atoms with Crippen molar-refractivity contribution in [2.75, 3.05) is 14.1 Å². The molecule has 0 amide bonds. The van der Waals surface area contributed by atoms with Crippen LogP contribution in [0.4, 0.5) is 0 Å². The highest BCUT2D eigenvalue weighted by Gasteiger charge is 2.52. The number of ether oxygens (including phenoxy) is 1. The molecule has 17 heavy (non-hydrogen) atoms. The second-order valence-corrected chi connectivity index (χ2v) is 7.48. The zero-order valence-corrected chi connectivity index (χ0v) is 12.5. The van der Waals surface area contributed by atoms with Gasteiger partial charge in [0.1, 0.15) is 12.3 Å². The molecule has 0 spiro atoms. The van der Waals surface area contributed by atoms with Crippen LogP contribution in [0, 0.1) is 16.7 Å². The number of carbonyl (C=O) groups excluding carboxylic acids is 1. The Kier molecular flexibility index (Phi) is 3.76. The van der Waals surface area contributed by atoms with Gasteiger partial charge in [0.15, 0.2) is 5.78 Å². The van der Waals surface area contributed by atoms with Crippen molar-refractivity contribution in [3.05, 3.63) is 0 Å². The van der Waals surface area contributed by atoms with Gasteiger partial charge >= 0.3 is 0 Å². The number of Topliss-reactive ketones (excluding diaryl/α,β-unsaturated/α-hetero) is 1. The molecule has 0 aromatic rings. The molecule has 1 saturated heterocycles. The van der Waals surface area contributed by atoms with Crippen LogP contribution in [0.3, 0.4) is 0 Å². The Morgan fingerprint density at radius 1 is 1.00 bits per heavy atom. The van der Waals surface area contributed by atoms with Crippen LogP contribution in [0.25, 0.3) is 0 Å². The zero-order valence-electron chi connectivity index (χ0n) is 12.5. The SMILES string of the molecule is CN(C)C1OC(C(C)(C)C)C(=O)C1C(C)(C)C. The molecule has 3 atom stereocenters. The van der Waals surface area contributed by atoms with E-state index < -0.39 is 0 Å². The van der Waals surface area contributed by atoms with Gasteiger partial charge in [-0.05, 0) is 24.9 Å². The summed E-state index contributed by atoms with van der Waals surface area (Å²) in [7, 11) is 3.95. The van der Waals surface area contributed by atoms with E-state index in [0.29, 0.717) is 0 Å². The molecule has 0 saturated carbocycles. The lowest BCUT2D eigenvalue weighted by molar-refractivity contribution is -0.130. The van der Waals surface area contributed by atoms with E-state index in [4.69, 9.17) is 4.74 Å².